The second kappa shape index (κ2) is 16.7. The molecule has 0 aromatic heterocycles. The van der Waals surface area contributed by atoms with E-state index in [4.69, 9.17) is 0 Å². The Kier molecular flexibility index (Phi) is 44.0. The van der Waals surface area contributed by atoms with Crippen LogP contribution in [0.3, 0.4) is 0 Å². The molecule has 0 aromatic carbocycles. The summed E-state index contributed by atoms with van der Waals surface area (Å²) in [7, 11) is 0. The van der Waals surface area contributed by atoms with Crippen LogP contribution in [0.15, 0.2) is 12.2 Å². The normalized spacial score (nSPS) is 6.33. The van der Waals surface area contributed by atoms with E-state index in [1.54, 1.807) is 0 Å². The molecule has 1 nitrogen and oxygen atoms in total. The van der Waals surface area contributed by atoms with Crippen LogP contribution in [0.25, 0.3) is 0 Å². The maximum atomic E-state index is 2.00. The van der Waals surface area contributed by atoms with E-state index in [-0.39, 0.29) is 43.2 Å². The van der Waals surface area contributed by atoms with Gasteiger partial charge in [-0.1, -0.05) is 12.2 Å². The molecule has 0 saturated heterocycles. The topological polar surface area (TPSA) is 31.5 Å². The van der Waals surface area contributed by atoms with Crippen molar-refractivity contribution in [2.24, 2.45) is 0 Å². The molecule has 0 fully saturated rings. The maximum absolute atomic E-state index is 2.00. The van der Waals surface area contributed by atoms with Crippen LogP contribution in [0.4, 0.5) is 0 Å². The number of allylic oxidation sites excluding steroid dienone is 2. The third-order valence-electron chi connectivity index (χ3n) is 0.333. The van der Waals surface area contributed by atoms with Crippen LogP contribution < -0.4 is 0 Å². The standard InChI is InChI=1S/C4H8.Ca.H2O.2H/c1-3-4-2;;;;/h3-4H,1-2H3;;1H2;;. The molecular weight excluding hydrogens is 104 g/mol. The van der Waals surface area contributed by atoms with Gasteiger partial charge in [0, 0.05) is 0 Å². The Bertz CT molecular complexity index is 22.7. The summed E-state index contributed by atoms with van der Waals surface area (Å²) in [4.78, 5) is 0. The molecule has 0 rings (SSSR count). The molecule has 36 valence electrons. The van der Waals surface area contributed by atoms with Crippen LogP contribution >= 0.6 is 0 Å². The van der Waals surface area contributed by atoms with Crippen molar-refractivity contribution in [1.29, 1.82) is 0 Å². The quantitative estimate of drug-likeness (QED) is 0.311. The van der Waals surface area contributed by atoms with Crippen LogP contribution in [0.5, 0.6) is 0 Å². The monoisotopic (exact) mass is 116 g/mol. The molecule has 0 atom stereocenters. The van der Waals surface area contributed by atoms with E-state index >= 15 is 0 Å². The molecule has 0 spiro atoms. The van der Waals surface area contributed by atoms with E-state index in [0.29, 0.717) is 0 Å². The molecule has 0 aliphatic carbocycles. The van der Waals surface area contributed by atoms with Gasteiger partial charge in [-0.15, -0.1) is 0 Å². The number of hydrogen-bond acceptors (Lipinski definition) is 0. The molecule has 0 bridgehead atoms. The van der Waals surface area contributed by atoms with Crippen LogP contribution in [0.1, 0.15) is 13.8 Å². The molecule has 0 aliphatic heterocycles. The molecule has 0 aliphatic rings. The van der Waals surface area contributed by atoms with Gasteiger partial charge in [0.15, 0.2) is 0 Å². The summed E-state index contributed by atoms with van der Waals surface area (Å²) >= 11 is 0. The molecule has 2 N–H and O–H groups in total. The fraction of sp³-hybridized carbons (Fsp3) is 0.500. The second-order valence-corrected chi connectivity index (χ2v) is 0.667. The van der Waals surface area contributed by atoms with Gasteiger partial charge in [0.25, 0.3) is 0 Å². The summed E-state index contributed by atoms with van der Waals surface area (Å²) in [5.74, 6) is 0. The molecule has 0 aromatic rings. The second-order valence-electron chi connectivity index (χ2n) is 0.667. The molecule has 0 radical (unpaired) electrons. The molecule has 6 heavy (non-hydrogen) atoms. The van der Waals surface area contributed by atoms with Crippen molar-refractivity contribution in [3.05, 3.63) is 12.2 Å². The van der Waals surface area contributed by atoms with Crippen molar-refractivity contribution in [2.45, 2.75) is 13.8 Å². The van der Waals surface area contributed by atoms with Crippen molar-refractivity contribution in [3.63, 3.8) is 0 Å². The van der Waals surface area contributed by atoms with E-state index in [1.165, 1.54) is 0 Å². The van der Waals surface area contributed by atoms with Gasteiger partial charge in [0.05, 0.1) is 0 Å². The van der Waals surface area contributed by atoms with E-state index in [1.807, 2.05) is 26.0 Å². The van der Waals surface area contributed by atoms with Crippen LogP contribution in [-0.2, 0) is 0 Å². The van der Waals surface area contributed by atoms with Gasteiger partial charge < -0.3 is 5.48 Å². The van der Waals surface area contributed by atoms with Gasteiger partial charge in [0.1, 0.15) is 0 Å². The molecule has 0 unspecified atom stereocenters. The van der Waals surface area contributed by atoms with Crippen LogP contribution in [0.2, 0.25) is 0 Å². The van der Waals surface area contributed by atoms with Crippen molar-refractivity contribution in [3.8, 4) is 0 Å². The molecule has 0 saturated carbocycles. The fourth-order valence-corrected chi connectivity index (χ4v) is 0. The Hall–Kier alpha value is 0.960. The summed E-state index contributed by atoms with van der Waals surface area (Å²) in [6.07, 6.45) is 4.00. The van der Waals surface area contributed by atoms with Gasteiger partial charge in [-0.2, -0.15) is 0 Å². The molecule has 0 heterocycles. The van der Waals surface area contributed by atoms with Gasteiger partial charge >= 0.3 is 37.7 Å². The summed E-state index contributed by atoms with van der Waals surface area (Å²) in [6.45, 7) is 4.00. The fourth-order valence-electron chi connectivity index (χ4n) is 0. The summed E-state index contributed by atoms with van der Waals surface area (Å²) < 4.78 is 0. The van der Waals surface area contributed by atoms with E-state index < -0.39 is 0 Å². The van der Waals surface area contributed by atoms with Gasteiger partial charge in [-0.05, 0) is 13.8 Å². The average Bonchev–Trinajstić information content (AvgIpc) is 1.37. The Morgan fingerprint density at radius 2 is 1.17 bits per heavy atom. The zero-order valence-corrected chi connectivity index (χ0v) is 3.65. The third-order valence-corrected chi connectivity index (χ3v) is 0.333. The number of hydrogen-bond donors (Lipinski definition) is 0. The average molecular weight is 116 g/mol. The Balaban J connectivity index is -0.0000000450. The Labute approximate surface area is 68.7 Å². The minimum atomic E-state index is 0. The molecule has 0 amide bonds. The van der Waals surface area contributed by atoms with Crippen LogP contribution in [0, 0.1) is 0 Å². The van der Waals surface area contributed by atoms with Crippen LogP contribution in [-0.4, -0.2) is 43.2 Å². The zero-order valence-electron chi connectivity index (χ0n) is 3.65. The first-order valence-electron chi connectivity index (χ1n) is 1.49. The Morgan fingerprint density at radius 3 is 1.17 bits per heavy atom. The first kappa shape index (κ1) is 15.8. The first-order chi connectivity index (χ1) is 1.91. The minimum absolute atomic E-state index is 0. The molecule has 2 heteroatoms. The van der Waals surface area contributed by atoms with Crippen molar-refractivity contribution >= 4 is 37.7 Å². The predicted molar refractivity (Wildman–Crippen MR) is 32.6 cm³/mol. The number of rotatable bonds is 0. The summed E-state index contributed by atoms with van der Waals surface area (Å²) in [6, 6.07) is 0. The van der Waals surface area contributed by atoms with Gasteiger partial charge in [-0.25, -0.2) is 0 Å². The SMILES string of the molecule is CC=CC.O.[CaH2]. The van der Waals surface area contributed by atoms with E-state index in [2.05, 4.69) is 0 Å². The third kappa shape index (κ3) is 20.2. The summed E-state index contributed by atoms with van der Waals surface area (Å²) in [5.41, 5.74) is 0. The predicted octanol–water partition coefficient (Wildman–Crippen LogP) is -0.158. The first-order valence-corrected chi connectivity index (χ1v) is 1.49. The van der Waals surface area contributed by atoms with Crippen molar-refractivity contribution in [1.82, 2.24) is 0 Å². The zero-order chi connectivity index (χ0) is 3.41. The Morgan fingerprint density at radius 1 is 1.00 bits per heavy atom. The van der Waals surface area contributed by atoms with E-state index in [9.17, 15) is 0 Å². The van der Waals surface area contributed by atoms with Crippen molar-refractivity contribution < 1.29 is 5.48 Å². The van der Waals surface area contributed by atoms with Gasteiger partial charge in [0.2, 0.25) is 0 Å². The molecular formula is C4H12CaO. The van der Waals surface area contributed by atoms with E-state index in [0.717, 1.165) is 0 Å². The summed E-state index contributed by atoms with van der Waals surface area (Å²) in [5, 5.41) is 0. The van der Waals surface area contributed by atoms with Crippen molar-refractivity contribution in [2.75, 3.05) is 0 Å². The van der Waals surface area contributed by atoms with Gasteiger partial charge in [-0.3, -0.25) is 0 Å².